The molecule has 0 aliphatic heterocycles. The molecule has 53 heavy (non-hydrogen) atoms. The topological polar surface area (TPSA) is 285 Å². The molecule has 0 unspecified atom stereocenters. The maximum Gasteiger partial charge on any atom is 0.294 e. The molecule has 16 nitrogen and oxygen atoms in total. The Kier molecular flexibility index (Phi) is 12.4. The summed E-state index contributed by atoms with van der Waals surface area (Å²) in [6.45, 7) is 0. The van der Waals surface area contributed by atoms with E-state index in [-0.39, 0.29) is 125 Å². The summed E-state index contributed by atoms with van der Waals surface area (Å²) in [5.74, 6) is -1.02. The first-order chi connectivity index (χ1) is 23.9. The SMILES string of the molecule is Nc1ccc2cc(S(=O)(=O)O)cc(O)c2c1N=Nc1ccc(S(=O)(=O)c2ccc(N=Nc3c(N)ccc4cc(S(=O)(=O)O)cc(O)c34)cc2)cc1.[Na].[Na]. The first-order valence-electron chi connectivity index (χ1n) is 14.3. The van der Waals surface area contributed by atoms with Gasteiger partial charge in [-0.05, 0) is 83.6 Å². The van der Waals surface area contributed by atoms with Crippen LogP contribution >= 0.6 is 0 Å². The summed E-state index contributed by atoms with van der Waals surface area (Å²) < 4.78 is 91.6. The number of rotatable bonds is 8. The number of sulfone groups is 1. The molecule has 8 N–H and O–H groups in total. The molecule has 0 aromatic heterocycles. The molecule has 0 aliphatic carbocycles. The third-order valence-electron chi connectivity index (χ3n) is 7.57. The summed E-state index contributed by atoms with van der Waals surface area (Å²) in [5.41, 5.74) is 12.8. The van der Waals surface area contributed by atoms with Crippen LogP contribution in [0.5, 0.6) is 11.5 Å². The van der Waals surface area contributed by atoms with Crippen molar-refractivity contribution in [1.29, 1.82) is 0 Å². The molecule has 0 atom stereocenters. The van der Waals surface area contributed by atoms with Crippen LogP contribution < -0.4 is 11.5 Å². The average Bonchev–Trinajstić information content (AvgIpc) is 3.07. The number of phenolic OH excluding ortho intramolecular Hbond substituents is 2. The Labute approximate surface area is 346 Å². The molecule has 6 aromatic carbocycles. The first-order valence-corrected chi connectivity index (χ1v) is 18.6. The Morgan fingerprint density at radius 1 is 0.453 bits per heavy atom. The van der Waals surface area contributed by atoms with Crippen LogP contribution in [0.2, 0.25) is 0 Å². The molecule has 6 rings (SSSR count). The molecular weight excluding hydrogens is 771 g/mol. The van der Waals surface area contributed by atoms with Gasteiger partial charge in [0.1, 0.15) is 22.9 Å². The molecular formula is C32H24N6Na2O10S3. The van der Waals surface area contributed by atoms with E-state index >= 15 is 0 Å². The second-order valence-corrected chi connectivity index (χ2v) is 15.7. The summed E-state index contributed by atoms with van der Waals surface area (Å²) in [6.07, 6.45) is 0. The van der Waals surface area contributed by atoms with Crippen LogP contribution in [0.1, 0.15) is 0 Å². The van der Waals surface area contributed by atoms with E-state index in [2.05, 4.69) is 20.5 Å². The van der Waals surface area contributed by atoms with E-state index in [0.717, 1.165) is 24.3 Å². The number of azo groups is 2. The molecule has 0 aliphatic rings. The minimum absolute atomic E-state index is 0. The van der Waals surface area contributed by atoms with Crippen molar-refractivity contribution in [3.63, 3.8) is 0 Å². The van der Waals surface area contributed by atoms with Gasteiger partial charge in [0.2, 0.25) is 9.84 Å². The maximum atomic E-state index is 13.4. The summed E-state index contributed by atoms with van der Waals surface area (Å²) >= 11 is 0. The van der Waals surface area contributed by atoms with Gasteiger partial charge in [0.05, 0.1) is 53.1 Å². The number of nitrogens with two attached hydrogens (primary N) is 2. The fourth-order valence-electron chi connectivity index (χ4n) is 5.08. The monoisotopic (exact) mass is 794 g/mol. The van der Waals surface area contributed by atoms with Gasteiger partial charge in [-0.25, -0.2) is 8.42 Å². The number of nitrogen functional groups attached to an aromatic ring is 2. The number of hydrogen-bond acceptors (Lipinski definition) is 14. The van der Waals surface area contributed by atoms with Crippen molar-refractivity contribution >= 4 is 145 Å². The van der Waals surface area contributed by atoms with Gasteiger partial charge in [0.15, 0.2) is 0 Å². The van der Waals surface area contributed by atoms with E-state index in [0.29, 0.717) is 0 Å². The molecule has 0 fully saturated rings. The smallest absolute Gasteiger partial charge is 0.294 e. The molecule has 0 spiro atoms. The largest absolute Gasteiger partial charge is 0.507 e. The van der Waals surface area contributed by atoms with Crippen molar-refractivity contribution in [3.05, 3.63) is 97.1 Å². The molecule has 21 heteroatoms. The number of nitrogens with zero attached hydrogens (tertiary/aromatic N) is 4. The van der Waals surface area contributed by atoms with Gasteiger partial charge in [-0.2, -0.15) is 27.1 Å². The fourth-order valence-corrected chi connectivity index (χ4v) is 7.41. The zero-order valence-electron chi connectivity index (χ0n) is 27.6. The maximum absolute atomic E-state index is 13.4. The normalized spacial score (nSPS) is 12.3. The summed E-state index contributed by atoms with van der Waals surface area (Å²) in [6, 6.07) is 20.5. The van der Waals surface area contributed by atoms with Crippen molar-refractivity contribution in [3.8, 4) is 11.5 Å². The van der Waals surface area contributed by atoms with E-state index < -0.39 is 51.4 Å². The van der Waals surface area contributed by atoms with E-state index in [4.69, 9.17) is 11.5 Å². The molecule has 0 saturated heterocycles. The Bertz CT molecular complexity index is 2620. The Morgan fingerprint density at radius 2 is 0.792 bits per heavy atom. The number of aromatic hydroxyl groups is 2. The summed E-state index contributed by atoms with van der Waals surface area (Å²) in [5, 5.41) is 38.0. The Hall–Kier alpha value is -3.99. The van der Waals surface area contributed by atoms with Crippen molar-refractivity contribution in [2.45, 2.75) is 19.6 Å². The Morgan fingerprint density at radius 3 is 1.11 bits per heavy atom. The van der Waals surface area contributed by atoms with Gasteiger partial charge < -0.3 is 21.7 Å². The minimum atomic E-state index is -4.60. The zero-order valence-corrected chi connectivity index (χ0v) is 34.1. The van der Waals surface area contributed by atoms with E-state index in [9.17, 15) is 44.6 Å². The molecule has 0 bridgehead atoms. The van der Waals surface area contributed by atoms with Crippen LogP contribution in [-0.2, 0) is 30.1 Å². The first kappa shape index (κ1) is 41.8. The molecule has 262 valence electrons. The van der Waals surface area contributed by atoms with Crippen molar-refractivity contribution < 1.29 is 44.6 Å². The predicted octanol–water partition coefficient (Wildman–Crippen LogP) is 5.96. The molecule has 0 saturated carbocycles. The summed E-state index contributed by atoms with van der Waals surface area (Å²) in [4.78, 5) is -1.19. The van der Waals surface area contributed by atoms with Crippen molar-refractivity contribution in [2.24, 2.45) is 20.5 Å². The van der Waals surface area contributed by atoms with Crippen molar-refractivity contribution in [2.75, 3.05) is 11.5 Å². The van der Waals surface area contributed by atoms with Gasteiger partial charge in [-0.3, -0.25) is 9.11 Å². The minimum Gasteiger partial charge on any atom is -0.507 e. The number of anilines is 2. The van der Waals surface area contributed by atoms with Gasteiger partial charge in [-0.1, -0.05) is 12.1 Å². The van der Waals surface area contributed by atoms with Gasteiger partial charge in [0, 0.05) is 71.2 Å². The average molecular weight is 795 g/mol. The predicted molar refractivity (Wildman–Crippen MR) is 198 cm³/mol. The van der Waals surface area contributed by atoms with Crippen LogP contribution in [0, 0.1) is 0 Å². The van der Waals surface area contributed by atoms with E-state index in [1.807, 2.05) is 0 Å². The summed E-state index contributed by atoms with van der Waals surface area (Å²) in [7, 11) is -13.2. The zero-order chi connectivity index (χ0) is 36.9. The third kappa shape index (κ3) is 8.71. The Balaban J connectivity index is 0.00000314. The van der Waals surface area contributed by atoms with Crippen LogP contribution in [0.3, 0.4) is 0 Å². The number of phenols is 2. The molecule has 0 amide bonds. The van der Waals surface area contributed by atoms with Crippen LogP contribution in [-0.4, -0.2) is 104 Å². The molecule has 0 heterocycles. The second kappa shape index (κ2) is 15.8. The van der Waals surface area contributed by atoms with Crippen LogP contribution in [0.4, 0.5) is 34.1 Å². The van der Waals surface area contributed by atoms with E-state index in [1.54, 1.807) is 0 Å². The van der Waals surface area contributed by atoms with Crippen molar-refractivity contribution in [1.82, 2.24) is 0 Å². The van der Waals surface area contributed by atoms with Gasteiger partial charge in [-0.15, -0.1) is 10.2 Å². The van der Waals surface area contributed by atoms with E-state index in [1.165, 1.54) is 72.8 Å². The van der Waals surface area contributed by atoms with Crippen LogP contribution in [0.25, 0.3) is 21.5 Å². The molecule has 6 aromatic rings. The van der Waals surface area contributed by atoms with Crippen LogP contribution in [0.15, 0.2) is 137 Å². The molecule has 2 radical (unpaired) electrons. The second-order valence-electron chi connectivity index (χ2n) is 10.9. The standard InChI is InChI=1S/C32H24N6O10S3.2Na/c33-25-11-1-17-13-23(50(43,44)45)15-27(39)29(17)31(25)37-35-19-3-7-21(8-4-19)49(41,42)22-9-5-20(6-10-22)36-38-32-26(34)12-2-18-14-24(51(46,47)48)16-28(40)30(18)32;;/h1-16,39-40H,33-34H2,(H,43,44,45)(H,46,47,48);;. The number of benzene rings is 6. The third-order valence-corrected chi connectivity index (χ3v) is 11.0. The van der Waals surface area contributed by atoms with Gasteiger partial charge in [0.25, 0.3) is 20.2 Å². The fraction of sp³-hybridized carbons (Fsp3) is 0. The quantitative estimate of drug-likeness (QED) is 0.0450. The van der Waals surface area contributed by atoms with Gasteiger partial charge >= 0.3 is 0 Å². The number of fused-ring (bicyclic) bond motifs is 2. The number of hydrogen-bond donors (Lipinski definition) is 6.